The largest absolute Gasteiger partial charge is 0.368 e. The van der Waals surface area contributed by atoms with Gasteiger partial charge in [0, 0.05) is 15.9 Å². The number of amides is 1. The normalized spacial score (nSPS) is 26.4. The second-order valence-corrected chi connectivity index (χ2v) is 7.25. The molecule has 0 bridgehead atoms. The first-order valence-electron chi connectivity index (χ1n) is 6.89. The van der Waals surface area contributed by atoms with E-state index in [1.165, 1.54) is 0 Å². The molecule has 1 aliphatic rings. The van der Waals surface area contributed by atoms with Crippen LogP contribution < -0.4 is 11.1 Å². The molecule has 0 aromatic carbocycles. The second-order valence-electron chi connectivity index (χ2n) is 5.10. The van der Waals surface area contributed by atoms with Gasteiger partial charge in [0.25, 0.3) is 0 Å². The lowest BCUT2D eigenvalue weighted by Gasteiger charge is -2.38. The Morgan fingerprint density at radius 2 is 2.50 bits per heavy atom. The van der Waals surface area contributed by atoms with E-state index in [-0.39, 0.29) is 5.91 Å². The van der Waals surface area contributed by atoms with E-state index in [1.807, 2.05) is 19.1 Å². The molecule has 2 rings (SSSR count). The predicted octanol–water partition coefficient (Wildman–Crippen LogP) is 2.71. The van der Waals surface area contributed by atoms with E-state index in [9.17, 15) is 4.79 Å². The van der Waals surface area contributed by atoms with E-state index in [0.717, 1.165) is 41.7 Å². The van der Waals surface area contributed by atoms with Crippen LogP contribution >= 0.6 is 27.7 Å². The van der Waals surface area contributed by atoms with Gasteiger partial charge in [0.15, 0.2) is 0 Å². The Labute approximate surface area is 132 Å². The molecule has 2 unspecified atom stereocenters. The molecule has 1 aromatic rings. The van der Waals surface area contributed by atoms with Crippen molar-refractivity contribution >= 4 is 33.6 Å². The monoisotopic (exact) mass is 357 g/mol. The third kappa shape index (κ3) is 3.54. The number of carbonyl (C=O) groups is 1. The third-order valence-electron chi connectivity index (χ3n) is 3.70. The zero-order valence-corrected chi connectivity index (χ0v) is 14.0. The van der Waals surface area contributed by atoms with E-state index < -0.39 is 5.54 Å². The summed E-state index contributed by atoms with van der Waals surface area (Å²) in [6.07, 6.45) is 5.49. The van der Waals surface area contributed by atoms with Crippen molar-refractivity contribution in [2.75, 3.05) is 6.54 Å². The summed E-state index contributed by atoms with van der Waals surface area (Å²) in [4.78, 5) is 16.2. The number of rotatable bonds is 5. The summed E-state index contributed by atoms with van der Waals surface area (Å²) < 4.78 is 1.00. The topological polar surface area (TPSA) is 68.0 Å². The number of pyridine rings is 1. The van der Waals surface area contributed by atoms with Crippen molar-refractivity contribution < 1.29 is 4.79 Å². The Morgan fingerprint density at radius 3 is 3.15 bits per heavy atom. The van der Waals surface area contributed by atoms with Gasteiger partial charge in [-0.05, 0) is 60.3 Å². The van der Waals surface area contributed by atoms with Gasteiger partial charge < -0.3 is 11.1 Å². The summed E-state index contributed by atoms with van der Waals surface area (Å²) in [6.45, 7) is 2.77. The molecule has 110 valence electrons. The molecule has 3 N–H and O–H groups in total. The Bertz CT molecular complexity index is 481. The molecule has 1 fully saturated rings. The van der Waals surface area contributed by atoms with Crippen LogP contribution in [0.1, 0.15) is 32.6 Å². The molecule has 0 saturated heterocycles. The Hall–Kier alpha value is -0.590. The van der Waals surface area contributed by atoms with Crippen LogP contribution in [0.15, 0.2) is 27.8 Å². The minimum Gasteiger partial charge on any atom is -0.368 e. The number of thioether (sulfide) groups is 1. The Kier molecular flexibility index (Phi) is 5.46. The average Bonchev–Trinajstić information content (AvgIpc) is 2.42. The first-order valence-corrected chi connectivity index (χ1v) is 8.57. The van der Waals surface area contributed by atoms with Gasteiger partial charge in [-0.15, -0.1) is 11.8 Å². The van der Waals surface area contributed by atoms with Gasteiger partial charge >= 0.3 is 0 Å². The average molecular weight is 358 g/mol. The van der Waals surface area contributed by atoms with Gasteiger partial charge in [0.05, 0.1) is 5.54 Å². The minimum atomic E-state index is -0.550. The lowest BCUT2D eigenvalue weighted by molar-refractivity contribution is -0.125. The van der Waals surface area contributed by atoms with Crippen LogP contribution in [0.3, 0.4) is 0 Å². The number of nitrogens with two attached hydrogens (primary N) is 1. The molecular weight excluding hydrogens is 338 g/mol. The van der Waals surface area contributed by atoms with E-state index in [2.05, 4.69) is 26.2 Å². The van der Waals surface area contributed by atoms with Gasteiger partial charge in [-0.25, -0.2) is 4.98 Å². The lowest BCUT2D eigenvalue weighted by Crippen LogP contribution is -2.58. The molecule has 20 heavy (non-hydrogen) atoms. The van der Waals surface area contributed by atoms with Gasteiger partial charge in [-0.3, -0.25) is 4.79 Å². The summed E-state index contributed by atoms with van der Waals surface area (Å²) in [7, 11) is 0. The van der Waals surface area contributed by atoms with Gasteiger partial charge in [0.1, 0.15) is 5.03 Å². The smallest absolute Gasteiger partial charge is 0.237 e. The SMILES string of the molecule is CCNC1(C(N)=O)CCCC(Sc2ncccc2Br)C1. The number of carbonyl (C=O) groups excluding carboxylic acids is 1. The van der Waals surface area contributed by atoms with Crippen LogP contribution in [-0.4, -0.2) is 28.2 Å². The zero-order valence-electron chi connectivity index (χ0n) is 11.6. The molecule has 0 aliphatic heterocycles. The lowest BCUT2D eigenvalue weighted by atomic mass is 9.80. The van der Waals surface area contributed by atoms with Gasteiger partial charge in [0.2, 0.25) is 5.91 Å². The highest BCUT2D eigenvalue weighted by atomic mass is 79.9. The van der Waals surface area contributed by atoms with Crippen molar-refractivity contribution in [3.05, 3.63) is 22.8 Å². The van der Waals surface area contributed by atoms with Crippen molar-refractivity contribution in [3.8, 4) is 0 Å². The van der Waals surface area contributed by atoms with Crippen LogP contribution in [0.25, 0.3) is 0 Å². The molecule has 1 saturated carbocycles. The van der Waals surface area contributed by atoms with Crippen LogP contribution in [-0.2, 0) is 4.79 Å². The van der Waals surface area contributed by atoms with Gasteiger partial charge in [-0.2, -0.15) is 0 Å². The number of primary amides is 1. The fourth-order valence-electron chi connectivity index (χ4n) is 2.75. The summed E-state index contributed by atoms with van der Waals surface area (Å²) >= 11 is 5.25. The molecule has 1 amide bonds. The maximum absolute atomic E-state index is 11.9. The van der Waals surface area contributed by atoms with Crippen LogP contribution in [0.2, 0.25) is 0 Å². The van der Waals surface area contributed by atoms with E-state index >= 15 is 0 Å². The number of nitrogens with one attached hydrogen (secondary N) is 1. The Morgan fingerprint density at radius 1 is 1.70 bits per heavy atom. The summed E-state index contributed by atoms with van der Waals surface area (Å²) in [5.41, 5.74) is 5.09. The Balaban J connectivity index is 2.10. The fourth-order valence-corrected chi connectivity index (χ4v) is 4.56. The summed E-state index contributed by atoms with van der Waals surface area (Å²) in [5.74, 6) is -0.232. The van der Waals surface area contributed by atoms with Crippen molar-refractivity contribution in [2.24, 2.45) is 5.73 Å². The maximum atomic E-state index is 11.9. The van der Waals surface area contributed by atoms with E-state index in [1.54, 1.807) is 18.0 Å². The van der Waals surface area contributed by atoms with Crippen molar-refractivity contribution in [3.63, 3.8) is 0 Å². The molecule has 1 aromatic heterocycles. The first-order chi connectivity index (χ1) is 9.57. The third-order valence-corrected chi connectivity index (χ3v) is 5.88. The zero-order chi connectivity index (χ0) is 14.6. The standard InChI is InChI=1S/C14H20BrN3OS/c1-2-18-14(13(16)19)7-3-5-10(9-14)20-12-11(15)6-4-8-17-12/h4,6,8,10,18H,2-3,5,7,9H2,1H3,(H2,16,19). The molecule has 1 heterocycles. The van der Waals surface area contributed by atoms with Gasteiger partial charge in [-0.1, -0.05) is 6.92 Å². The number of likely N-dealkylation sites (N-methyl/N-ethyl adjacent to an activating group) is 1. The van der Waals surface area contributed by atoms with Crippen molar-refractivity contribution in [1.29, 1.82) is 0 Å². The maximum Gasteiger partial charge on any atom is 0.237 e. The fraction of sp³-hybridized carbons (Fsp3) is 0.571. The van der Waals surface area contributed by atoms with Crippen molar-refractivity contribution in [1.82, 2.24) is 10.3 Å². The number of nitrogens with zero attached hydrogens (tertiary/aromatic N) is 1. The highest BCUT2D eigenvalue weighted by molar-refractivity contribution is 9.10. The number of hydrogen-bond donors (Lipinski definition) is 2. The predicted molar refractivity (Wildman–Crippen MR) is 85.7 cm³/mol. The molecule has 0 spiro atoms. The minimum absolute atomic E-state index is 0.232. The summed E-state index contributed by atoms with van der Waals surface area (Å²) in [5, 5.41) is 4.65. The molecule has 4 nitrogen and oxygen atoms in total. The second kappa shape index (κ2) is 6.91. The molecule has 6 heteroatoms. The quantitative estimate of drug-likeness (QED) is 0.849. The van der Waals surface area contributed by atoms with Crippen LogP contribution in [0.5, 0.6) is 0 Å². The highest BCUT2D eigenvalue weighted by Crippen LogP contribution is 2.39. The van der Waals surface area contributed by atoms with Crippen LogP contribution in [0.4, 0.5) is 0 Å². The number of hydrogen-bond acceptors (Lipinski definition) is 4. The van der Waals surface area contributed by atoms with E-state index in [0.29, 0.717) is 5.25 Å². The van der Waals surface area contributed by atoms with E-state index in [4.69, 9.17) is 5.73 Å². The van der Waals surface area contributed by atoms with Crippen molar-refractivity contribution in [2.45, 2.75) is 48.4 Å². The molecular formula is C14H20BrN3OS. The molecule has 1 aliphatic carbocycles. The van der Waals surface area contributed by atoms with Crippen LogP contribution in [0, 0.1) is 0 Å². The molecule has 0 radical (unpaired) electrons. The number of halogens is 1. The molecule has 2 atom stereocenters. The first kappa shape index (κ1) is 15.8. The summed E-state index contributed by atoms with van der Waals surface area (Å²) in [6, 6.07) is 3.89. The highest BCUT2D eigenvalue weighted by Gasteiger charge is 2.41. The number of aromatic nitrogens is 1.